The first-order valence-electron chi connectivity index (χ1n) is 11.1. The predicted molar refractivity (Wildman–Crippen MR) is 141 cm³/mol. The van der Waals surface area contributed by atoms with Gasteiger partial charge in [0.15, 0.2) is 5.78 Å². The number of carbonyl (C=O) groups is 1. The lowest BCUT2D eigenvalue weighted by Crippen LogP contribution is -2.47. The second kappa shape index (κ2) is 11.0. The minimum Gasteiger partial charge on any atom is -0.495 e. The molecule has 1 heterocycles. The predicted octanol–water partition coefficient (Wildman–Crippen LogP) is 5.98. The SMILES string of the molecule is C=C(CN1CCN(c2ccccc2OC)CC1)Nc1ccc(Cl)cc1C(=O)c1ccccc1Cl. The third kappa shape index (κ3) is 5.55. The number of ether oxygens (including phenoxy) is 1. The van der Waals surface area contributed by atoms with Crippen LogP contribution in [0.25, 0.3) is 0 Å². The molecule has 1 aliphatic heterocycles. The van der Waals surface area contributed by atoms with Gasteiger partial charge >= 0.3 is 0 Å². The molecule has 0 aromatic heterocycles. The zero-order valence-electron chi connectivity index (χ0n) is 19.1. The van der Waals surface area contributed by atoms with Crippen molar-refractivity contribution >= 4 is 40.4 Å². The van der Waals surface area contributed by atoms with Crippen LogP contribution in [-0.2, 0) is 0 Å². The van der Waals surface area contributed by atoms with Crippen LogP contribution >= 0.6 is 23.2 Å². The number of piperazine rings is 1. The third-order valence-electron chi connectivity index (χ3n) is 5.87. The molecule has 0 radical (unpaired) electrons. The lowest BCUT2D eigenvalue weighted by molar-refractivity contribution is 0.103. The quantitative estimate of drug-likeness (QED) is 0.389. The van der Waals surface area contributed by atoms with Crippen molar-refractivity contribution in [3.8, 4) is 5.75 Å². The van der Waals surface area contributed by atoms with E-state index in [0.29, 0.717) is 33.4 Å². The molecule has 0 spiro atoms. The molecule has 5 nitrogen and oxygen atoms in total. The van der Waals surface area contributed by atoms with Gasteiger partial charge in [-0.25, -0.2) is 0 Å². The van der Waals surface area contributed by atoms with Gasteiger partial charge in [-0.2, -0.15) is 0 Å². The maximum Gasteiger partial charge on any atom is 0.196 e. The van der Waals surface area contributed by atoms with Gasteiger partial charge in [-0.15, -0.1) is 0 Å². The number of carbonyl (C=O) groups excluding carboxylic acids is 1. The van der Waals surface area contributed by atoms with E-state index in [-0.39, 0.29) is 5.78 Å². The van der Waals surface area contributed by atoms with Crippen molar-refractivity contribution < 1.29 is 9.53 Å². The Hall–Kier alpha value is -2.99. The Labute approximate surface area is 210 Å². The van der Waals surface area contributed by atoms with E-state index in [9.17, 15) is 4.79 Å². The molecule has 1 fully saturated rings. The molecular formula is C27H27Cl2N3O2. The number of para-hydroxylation sites is 2. The van der Waals surface area contributed by atoms with Gasteiger partial charge in [0.2, 0.25) is 0 Å². The van der Waals surface area contributed by atoms with Crippen LogP contribution in [0.5, 0.6) is 5.75 Å². The van der Waals surface area contributed by atoms with Gasteiger partial charge in [-0.05, 0) is 42.5 Å². The summed E-state index contributed by atoms with van der Waals surface area (Å²) in [5, 5.41) is 4.22. The summed E-state index contributed by atoms with van der Waals surface area (Å²) in [6.45, 7) is 8.45. The van der Waals surface area contributed by atoms with Gasteiger partial charge in [0, 0.05) is 60.3 Å². The van der Waals surface area contributed by atoms with Gasteiger partial charge in [-0.1, -0.05) is 54.0 Å². The number of hydrogen-bond donors (Lipinski definition) is 1. The molecule has 4 rings (SSSR count). The molecule has 3 aromatic carbocycles. The van der Waals surface area contributed by atoms with E-state index in [1.54, 1.807) is 49.6 Å². The van der Waals surface area contributed by atoms with E-state index in [4.69, 9.17) is 27.9 Å². The molecule has 176 valence electrons. The molecular weight excluding hydrogens is 469 g/mol. The summed E-state index contributed by atoms with van der Waals surface area (Å²) in [5.41, 5.74) is 3.48. The van der Waals surface area contributed by atoms with Gasteiger partial charge in [0.05, 0.1) is 17.8 Å². The maximum absolute atomic E-state index is 13.2. The molecule has 0 aliphatic carbocycles. The summed E-state index contributed by atoms with van der Waals surface area (Å²) in [7, 11) is 1.70. The first-order valence-corrected chi connectivity index (χ1v) is 11.9. The molecule has 0 saturated carbocycles. The zero-order chi connectivity index (χ0) is 24.1. The second-order valence-electron chi connectivity index (χ2n) is 8.16. The van der Waals surface area contributed by atoms with E-state index in [2.05, 4.69) is 27.8 Å². The lowest BCUT2D eigenvalue weighted by Gasteiger charge is -2.37. The molecule has 0 bridgehead atoms. The lowest BCUT2D eigenvalue weighted by atomic mass is 10.0. The van der Waals surface area contributed by atoms with Crippen LogP contribution < -0.4 is 15.0 Å². The minimum absolute atomic E-state index is 0.186. The van der Waals surface area contributed by atoms with E-state index in [1.807, 2.05) is 18.2 Å². The first-order chi connectivity index (χ1) is 16.5. The average Bonchev–Trinajstić information content (AvgIpc) is 2.85. The number of hydrogen-bond acceptors (Lipinski definition) is 5. The third-order valence-corrected chi connectivity index (χ3v) is 6.43. The number of halogens is 2. The van der Waals surface area contributed by atoms with Gasteiger partial charge in [-0.3, -0.25) is 9.69 Å². The highest BCUT2D eigenvalue weighted by Gasteiger charge is 2.21. The summed E-state index contributed by atoms with van der Waals surface area (Å²) < 4.78 is 5.51. The second-order valence-corrected chi connectivity index (χ2v) is 9.01. The monoisotopic (exact) mass is 495 g/mol. The van der Waals surface area contributed by atoms with Crippen LogP contribution in [0.2, 0.25) is 10.0 Å². The molecule has 1 aliphatic rings. The van der Waals surface area contributed by atoms with Gasteiger partial charge in [0.25, 0.3) is 0 Å². The zero-order valence-corrected chi connectivity index (χ0v) is 20.6. The van der Waals surface area contributed by atoms with Crippen molar-refractivity contribution in [1.29, 1.82) is 0 Å². The van der Waals surface area contributed by atoms with Crippen molar-refractivity contribution in [2.24, 2.45) is 0 Å². The smallest absolute Gasteiger partial charge is 0.196 e. The van der Waals surface area contributed by atoms with Crippen LogP contribution in [0, 0.1) is 0 Å². The van der Waals surface area contributed by atoms with Crippen LogP contribution in [-0.4, -0.2) is 50.5 Å². The van der Waals surface area contributed by atoms with Crippen molar-refractivity contribution in [1.82, 2.24) is 4.90 Å². The van der Waals surface area contributed by atoms with Crippen molar-refractivity contribution in [2.45, 2.75) is 0 Å². The number of benzene rings is 3. The summed E-state index contributed by atoms with van der Waals surface area (Å²) in [6.07, 6.45) is 0. The highest BCUT2D eigenvalue weighted by Crippen LogP contribution is 2.29. The van der Waals surface area contributed by atoms with E-state index >= 15 is 0 Å². The number of anilines is 2. The average molecular weight is 496 g/mol. The van der Waals surface area contributed by atoms with Crippen LogP contribution in [0.1, 0.15) is 15.9 Å². The first kappa shape index (κ1) is 24.1. The number of rotatable bonds is 8. The topological polar surface area (TPSA) is 44.8 Å². The molecule has 0 amide bonds. The largest absolute Gasteiger partial charge is 0.495 e. The fourth-order valence-electron chi connectivity index (χ4n) is 4.14. The van der Waals surface area contributed by atoms with Gasteiger partial charge in [0.1, 0.15) is 5.75 Å². The Bertz CT molecular complexity index is 1190. The van der Waals surface area contributed by atoms with Gasteiger partial charge < -0.3 is 15.0 Å². The Balaban J connectivity index is 1.40. The fraction of sp³-hybridized carbons (Fsp3) is 0.222. The van der Waals surface area contributed by atoms with Crippen molar-refractivity contribution in [2.75, 3.05) is 50.1 Å². The van der Waals surface area contributed by atoms with Crippen molar-refractivity contribution in [3.63, 3.8) is 0 Å². The Kier molecular flexibility index (Phi) is 7.78. The number of methoxy groups -OCH3 is 1. The van der Waals surface area contributed by atoms with Crippen molar-refractivity contribution in [3.05, 3.63) is 100 Å². The molecule has 1 N–H and O–H groups in total. The number of nitrogens with zero attached hydrogens (tertiary/aromatic N) is 2. The summed E-state index contributed by atoms with van der Waals surface area (Å²) >= 11 is 12.5. The van der Waals surface area contributed by atoms with Crippen LogP contribution in [0.15, 0.2) is 79.0 Å². The summed E-state index contributed by atoms with van der Waals surface area (Å²) in [5.74, 6) is 0.703. The highest BCUT2D eigenvalue weighted by atomic mass is 35.5. The molecule has 7 heteroatoms. The van der Waals surface area contributed by atoms with E-state index < -0.39 is 0 Å². The fourth-order valence-corrected chi connectivity index (χ4v) is 4.54. The number of nitrogens with one attached hydrogen (secondary N) is 1. The standard InChI is InChI=1S/C27H27Cl2N3O2/c1-19(18-31-13-15-32(16-14-31)25-9-5-6-10-26(25)34-2)30-24-12-11-20(28)17-22(24)27(33)21-7-3-4-8-23(21)29/h3-12,17,30H,1,13-16,18H2,2H3. The van der Waals surface area contributed by atoms with E-state index in [0.717, 1.165) is 43.3 Å². The molecule has 0 unspecified atom stereocenters. The molecule has 34 heavy (non-hydrogen) atoms. The molecule has 0 atom stereocenters. The highest BCUT2D eigenvalue weighted by molar-refractivity contribution is 6.35. The normalized spacial score (nSPS) is 14.0. The summed E-state index contributed by atoms with van der Waals surface area (Å²) in [6, 6.07) is 20.3. The molecule has 3 aromatic rings. The number of ketones is 1. The Morgan fingerprint density at radius 2 is 1.68 bits per heavy atom. The maximum atomic E-state index is 13.2. The van der Waals surface area contributed by atoms with Crippen LogP contribution in [0.3, 0.4) is 0 Å². The Morgan fingerprint density at radius 1 is 0.971 bits per heavy atom. The van der Waals surface area contributed by atoms with E-state index in [1.165, 1.54) is 0 Å². The summed E-state index contributed by atoms with van der Waals surface area (Å²) in [4.78, 5) is 17.9. The van der Waals surface area contributed by atoms with Crippen LogP contribution in [0.4, 0.5) is 11.4 Å². The Morgan fingerprint density at radius 3 is 2.41 bits per heavy atom. The molecule has 1 saturated heterocycles. The minimum atomic E-state index is -0.186.